The maximum atomic E-state index is 12.7. The third kappa shape index (κ3) is 2.68. The number of aromatic nitrogens is 2. The number of imidazole rings is 1. The van der Waals surface area contributed by atoms with Gasteiger partial charge in [-0.15, -0.1) is 0 Å². The predicted molar refractivity (Wildman–Crippen MR) is 73.5 cm³/mol. The first kappa shape index (κ1) is 14.5. The number of nitrogens with one attached hydrogen (secondary N) is 1. The first-order valence-corrected chi connectivity index (χ1v) is 8.21. The Morgan fingerprint density at radius 3 is 2.58 bits per heavy atom. The summed E-state index contributed by atoms with van der Waals surface area (Å²) in [5.74, 6) is 0.740. The minimum Gasteiger partial charge on any atom is -0.334 e. The van der Waals surface area contributed by atoms with Crippen molar-refractivity contribution in [1.82, 2.24) is 19.2 Å². The Bertz CT molecular complexity index is 534. The monoisotopic (exact) mass is 286 g/mol. The second-order valence-corrected chi connectivity index (χ2v) is 6.68. The van der Waals surface area contributed by atoms with E-state index < -0.39 is 10.0 Å². The molecule has 1 aliphatic heterocycles. The van der Waals surface area contributed by atoms with Crippen LogP contribution in [0.3, 0.4) is 0 Å². The third-order valence-corrected chi connectivity index (χ3v) is 5.30. The van der Waals surface area contributed by atoms with Gasteiger partial charge in [-0.3, -0.25) is 0 Å². The summed E-state index contributed by atoms with van der Waals surface area (Å²) in [6, 6.07) is 0.0667. The minimum atomic E-state index is -3.47. The summed E-state index contributed by atoms with van der Waals surface area (Å²) in [5, 5.41) is 3.29. The molecule has 2 rings (SSSR count). The van der Waals surface area contributed by atoms with E-state index in [0.29, 0.717) is 6.54 Å². The average molecular weight is 286 g/mol. The molecule has 108 valence electrons. The van der Waals surface area contributed by atoms with Crippen molar-refractivity contribution < 1.29 is 8.42 Å². The van der Waals surface area contributed by atoms with Crippen LogP contribution in [-0.2, 0) is 16.6 Å². The molecule has 0 aliphatic carbocycles. The highest BCUT2D eigenvalue weighted by Gasteiger charge is 2.35. The molecule has 1 fully saturated rings. The van der Waals surface area contributed by atoms with Gasteiger partial charge in [0.2, 0.25) is 0 Å². The van der Waals surface area contributed by atoms with Crippen molar-refractivity contribution in [2.45, 2.75) is 44.8 Å². The van der Waals surface area contributed by atoms with Gasteiger partial charge in [-0.25, -0.2) is 13.4 Å². The van der Waals surface area contributed by atoms with Gasteiger partial charge in [0.1, 0.15) is 5.82 Å². The van der Waals surface area contributed by atoms with Crippen molar-refractivity contribution in [1.29, 1.82) is 0 Å². The highest BCUT2D eigenvalue weighted by atomic mass is 32.2. The van der Waals surface area contributed by atoms with Crippen LogP contribution in [0, 0.1) is 6.92 Å². The first-order valence-electron chi connectivity index (χ1n) is 6.77. The zero-order valence-electron chi connectivity index (χ0n) is 11.8. The Hall–Kier alpha value is -0.920. The third-order valence-electron chi connectivity index (χ3n) is 3.48. The Balaban J connectivity index is 2.32. The van der Waals surface area contributed by atoms with Crippen LogP contribution in [0.2, 0.25) is 0 Å². The molecule has 0 amide bonds. The van der Waals surface area contributed by atoms with E-state index >= 15 is 0 Å². The summed E-state index contributed by atoms with van der Waals surface area (Å²) in [4.78, 5) is 4.21. The zero-order valence-corrected chi connectivity index (χ0v) is 12.6. The van der Waals surface area contributed by atoms with Gasteiger partial charge in [-0.05, 0) is 20.3 Å². The topological polar surface area (TPSA) is 67.2 Å². The standard InChI is InChI=1S/C12H22N4O2S/c1-4-6-16(11-7-13-8-11)19(17,18)12-9-15(5-2)10(3)14-12/h9,11,13H,4-8H2,1-3H3. The van der Waals surface area contributed by atoms with Crippen LogP contribution in [0.1, 0.15) is 26.1 Å². The number of sulfonamides is 1. The van der Waals surface area contributed by atoms with E-state index in [9.17, 15) is 8.42 Å². The molecule has 0 atom stereocenters. The van der Waals surface area contributed by atoms with E-state index in [4.69, 9.17) is 0 Å². The molecule has 1 saturated heterocycles. The molecule has 0 radical (unpaired) electrons. The van der Waals surface area contributed by atoms with Crippen molar-refractivity contribution in [3.63, 3.8) is 0 Å². The van der Waals surface area contributed by atoms with E-state index in [0.717, 1.165) is 31.9 Å². The molecule has 0 saturated carbocycles. The van der Waals surface area contributed by atoms with Crippen LogP contribution in [0.5, 0.6) is 0 Å². The smallest absolute Gasteiger partial charge is 0.262 e. The van der Waals surface area contributed by atoms with Gasteiger partial charge in [0.25, 0.3) is 10.0 Å². The molecule has 0 unspecified atom stereocenters. The Morgan fingerprint density at radius 1 is 1.47 bits per heavy atom. The summed E-state index contributed by atoms with van der Waals surface area (Å²) in [6.07, 6.45) is 2.45. The van der Waals surface area contributed by atoms with Gasteiger partial charge in [0.15, 0.2) is 5.03 Å². The lowest BCUT2D eigenvalue weighted by Crippen LogP contribution is -2.58. The molecule has 7 heteroatoms. The number of nitrogens with zero attached hydrogens (tertiary/aromatic N) is 3. The summed E-state index contributed by atoms with van der Waals surface area (Å²) in [7, 11) is -3.47. The second kappa shape index (κ2) is 5.60. The lowest BCUT2D eigenvalue weighted by atomic mass is 10.2. The average Bonchev–Trinajstić information content (AvgIpc) is 2.68. The molecule has 2 heterocycles. The zero-order chi connectivity index (χ0) is 14.0. The predicted octanol–water partition coefficient (Wildman–Crippen LogP) is 0.584. The largest absolute Gasteiger partial charge is 0.334 e. The summed E-state index contributed by atoms with van der Waals surface area (Å²) < 4.78 is 28.8. The molecular formula is C12H22N4O2S. The van der Waals surface area contributed by atoms with E-state index in [1.807, 2.05) is 25.3 Å². The maximum absolute atomic E-state index is 12.7. The van der Waals surface area contributed by atoms with Crippen LogP contribution >= 0.6 is 0 Å². The van der Waals surface area contributed by atoms with Gasteiger partial charge < -0.3 is 9.88 Å². The fraction of sp³-hybridized carbons (Fsp3) is 0.750. The summed E-state index contributed by atoms with van der Waals surface area (Å²) in [5.41, 5.74) is 0. The highest BCUT2D eigenvalue weighted by Crippen LogP contribution is 2.20. The number of hydrogen-bond donors (Lipinski definition) is 1. The molecule has 1 aromatic rings. The van der Waals surface area contributed by atoms with Crippen molar-refractivity contribution in [3.8, 4) is 0 Å². The van der Waals surface area contributed by atoms with Crippen LogP contribution in [0.15, 0.2) is 11.2 Å². The normalized spacial score (nSPS) is 16.8. The van der Waals surface area contributed by atoms with Gasteiger partial charge in [-0.2, -0.15) is 4.31 Å². The summed E-state index contributed by atoms with van der Waals surface area (Å²) >= 11 is 0. The lowest BCUT2D eigenvalue weighted by Gasteiger charge is -2.36. The van der Waals surface area contributed by atoms with Crippen LogP contribution in [-0.4, -0.2) is 48.0 Å². The molecular weight excluding hydrogens is 264 g/mol. The van der Waals surface area contributed by atoms with Gasteiger partial charge >= 0.3 is 0 Å². The first-order chi connectivity index (χ1) is 9.00. The summed E-state index contributed by atoms with van der Waals surface area (Å²) in [6.45, 7) is 8.53. The Kier molecular flexibility index (Phi) is 4.27. The fourth-order valence-electron chi connectivity index (χ4n) is 2.24. The van der Waals surface area contributed by atoms with Crippen molar-refractivity contribution in [2.24, 2.45) is 0 Å². The van der Waals surface area contributed by atoms with Crippen molar-refractivity contribution in [2.75, 3.05) is 19.6 Å². The molecule has 0 bridgehead atoms. The molecule has 1 aromatic heterocycles. The van der Waals surface area contributed by atoms with Gasteiger partial charge in [0, 0.05) is 32.4 Å². The molecule has 6 nitrogen and oxygen atoms in total. The lowest BCUT2D eigenvalue weighted by molar-refractivity contribution is 0.241. The van der Waals surface area contributed by atoms with Crippen LogP contribution < -0.4 is 5.32 Å². The maximum Gasteiger partial charge on any atom is 0.262 e. The number of hydrogen-bond acceptors (Lipinski definition) is 4. The molecule has 1 aliphatic rings. The Labute approximate surface area is 114 Å². The van der Waals surface area contributed by atoms with Crippen molar-refractivity contribution >= 4 is 10.0 Å². The van der Waals surface area contributed by atoms with E-state index in [-0.39, 0.29) is 11.1 Å². The molecule has 0 spiro atoms. The van der Waals surface area contributed by atoms with Gasteiger partial charge in [-0.1, -0.05) is 6.92 Å². The SMILES string of the molecule is CCCN(C1CNC1)S(=O)(=O)c1cn(CC)c(C)n1. The van der Waals surface area contributed by atoms with Crippen LogP contribution in [0.4, 0.5) is 0 Å². The van der Waals surface area contributed by atoms with Crippen molar-refractivity contribution in [3.05, 3.63) is 12.0 Å². The van der Waals surface area contributed by atoms with Gasteiger partial charge in [0.05, 0.1) is 6.04 Å². The minimum absolute atomic E-state index is 0.0667. The van der Waals surface area contributed by atoms with E-state index in [2.05, 4.69) is 10.3 Å². The fourth-order valence-corrected chi connectivity index (χ4v) is 3.95. The van der Waals surface area contributed by atoms with Crippen LogP contribution in [0.25, 0.3) is 0 Å². The molecule has 19 heavy (non-hydrogen) atoms. The number of aryl methyl sites for hydroxylation is 2. The molecule has 0 aromatic carbocycles. The number of rotatable bonds is 6. The quantitative estimate of drug-likeness (QED) is 0.831. The molecule has 1 N–H and O–H groups in total. The van der Waals surface area contributed by atoms with E-state index in [1.54, 1.807) is 10.5 Å². The Morgan fingerprint density at radius 2 is 2.16 bits per heavy atom. The van der Waals surface area contributed by atoms with E-state index in [1.165, 1.54) is 0 Å². The second-order valence-electron chi connectivity index (χ2n) is 4.84. The highest BCUT2D eigenvalue weighted by molar-refractivity contribution is 7.89.